The summed E-state index contributed by atoms with van der Waals surface area (Å²) in [4.78, 5) is 12.5. The van der Waals surface area contributed by atoms with Gasteiger partial charge in [-0.3, -0.25) is 9.36 Å². The zero-order chi connectivity index (χ0) is 18.8. The van der Waals surface area contributed by atoms with E-state index in [-0.39, 0.29) is 11.6 Å². The number of anilines is 1. The van der Waals surface area contributed by atoms with Crippen molar-refractivity contribution in [2.24, 2.45) is 0 Å². The Morgan fingerprint density at radius 1 is 1.33 bits per heavy atom. The third kappa shape index (κ3) is 4.05. The maximum Gasteiger partial charge on any atom is 0.237 e. The van der Waals surface area contributed by atoms with Gasteiger partial charge in [-0.15, -0.1) is 10.2 Å². The van der Waals surface area contributed by atoms with Crippen LogP contribution in [-0.2, 0) is 11.3 Å². The third-order valence-electron chi connectivity index (χ3n) is 4.37. The molecule has 2 aromatic heterocycles. The molecule has 0 spiro atoms. The van der Waals surface area contributed by atoms with Gasteiger partial charge in [-0.25, -0.2) is 4.39 Å². The Labute approximate surface area is 160 Å². The van der Waals surface area contributed by atoms with Gasteiger partial charge in [-0.05, 0) is 44.0 Å². The van der Waals surface area contributed by atoms with Crippen LogP contribution in [0.15, 0.2) is 52.2 Å². The van der Waals surface area contributed by atoms with E-state index in [0.717, 1.165) is 24.4 Å². The highest BCUT2D eigenvalue weighted by Gasteiger charge is 2.31. The van der Waals surface area contributed by atoms with Gasteiger partial charge in [0.05, 0.1) is 23.7 Å². The topological polar surface area (TPSA) is 73.0 Å². The molecule has 1 atom stereocenters. The van der Waals surface area contributed by atoms with Crippen molar-refractivity contribution in [3.8, 4) is 0 Å². The van der Waals surface area contributed by atoms with E-state index < -0.39 is 11.1 Å². The van der Waals surface area contributed by atoms with Crippen molar-refractivity contribution >= 4 is 23.4 Å². The molecule has 0 bridgehead atoms. The fourth-order valence-electron chi connectivity index (χ4n) is 2.75. The lowest BCUT2D eigenvalue weighted by molar-refractivity contribution is -0.115. The summed E-state index contributed by atoms with van der Waals surface area (Å²) in [5.74, 6) is 1.41. The number of rotatable bonds is 7. The van der Waals surface area contributed by atoms with E-state index in [1.54, 1.807) is 25.3 Å². The molecular formula is C19H19FN4O2S. The number of thioether (sulfide) groups is 1. The van der Waals surface area contributed by atoms with Crippen LogP contribution in [0.1, 0.15) is 37.3 Å². The largest absolute Gasteiger partial charge is 0.467 e. The van der Waals surface area contributed by atoms with Crippen LogP contribution in [0.5, 0.6) is 0 Å². The first-order valence-corrected chi connectivity index (χ1v) is 9.67. The van der Waals surface area contributed by atoms with E-state index >= 15 is 0 Å². The molecule has 1 amide bonds. The minimum atomic E-state index is -0.462. The normalized spacial score (nSPS) is 14.9. The minimum Gasteiger partial charge on any atom is -0.467 e. The highest BCUT2D eigenvalue weighted by atomic mass is 32.2. The summed E-state index contributed by atoms with van der Waals surface area (Å²) in [6, 6.07) is 9.86. The number of para-hydroxylation sites is 1. The zero-order valence-corrected chi connectivity index (χ0v) is 15.6. The van der Waals surface area contributed by atoms with Crippen molar-refractivity contribution in [1.29, 1.82) is 0 Å². The van der Waals surface area contributed by atoms with E-state index in [4.69, 9.17) is 4.42 Å². The van der Waals surface area contributed by atoms with Gasteiger partial charge in [-0.2, -0.15) is 0 Å². The summed E-state index contributed by atoms with van der Waals surface area (Å²) in [6.45, 7) is 2.29. The van der Waals surface area contributed by atoms with Gasteiger partial charge in [0.1, 0.15) is 17.4 Å². The summed E-state index contributed by atoms with van der Waals surface area (Å²) in [5, 5.41) is 11.4. The fraction of sp³-hybridized carbons (Fsp3) is 0.316. The molecule has 1 N–H and O–H groups in total. The lowest BCUT2D eigenvalue weighted by atomic mass is 10.3. The molecule has 0 aliphatic heterocycles. The Balaban J connectivity index is 1.50. The van der Waals surface area contributed by atoms with Gasteiger partial charge in [0.15, 0.2) is 5.16 Å². The SMILES string of the molecule is CC(Sc1nnc(C2CC2)n1Cc1ccco1)C(=O)Nc1ccccc1F. The van der Waals surface area contributed by atoms with Gasteiger partial charge >= 0.3 is 0 Å². The molecule has 1 aromatic carbocycles. The number of furan rings is 1. The van der Waals surface area contributed by atoms with Crippen molar-refractivity contribution in [3.63, 3.8) is 0 Å². The van der Waals surface area contributed by atoms with Crippen LogP contribution in [0.2, 0.25) is 0 Å². The first-order chi connectivity index (χ1) is 13.1. The number of aromatic nitrogens is 3. The van der Waals surface area contributed by atoms with E-state index in [1.807, 2.05) is 16.7 Å². The molecule has 8 heteroatoms. The molecule has 3 aromatic rings. The molecule has 4 rings (SSSR count). The van der Waals surface area contributed by atoms with Crippen LogP contribution in [0, 0.1) is 5.82 Å². The number of carbonyl (C=O) groups excluding carboxylic acids is 1. The Kier molecular flexibility index (Phi) is 4.98. The molecule has 27 heavy (non-hydrogen) atoms. The summed E-state index contributed by atoms with van der Waals surface area (Å²) in [6.07, 6.45) is 3.84. The predicted octanol–water partition coefficient (Wildman–Crippen LogP) is 4.06. The number of nitrogens with one attached hydrogen (secondary N) is 1. The second-order valence-corrected chi connectivity index (χ2v) is 7.82. The molecular weight excluding hydrogens is 367 g/mol. The molecule has 2 heterocycles. The summed E-state index contributed by atoms with van der Waals surface area (Å²) >= 11 is 1.30. The van der Waals surface area contributed by atoms with Gasteiger partial charge in [0.2, 0.25) is 5.91 Å². The van der Waals surface area contributed by atoms with Crippen LogP contribution in [0.4, 0.5) is 10.1 Å². The van der Waals surface area contributed by atoms with E-state index in [1.165, 1.54) is 23.9 Å². The smallest absolute Gasteiger partial charge is 0.237 e. The molecule has 6 nitrogen and oxygen atoms in total. The third-order valence-corrected chi connectivity index (χ3v) is 5.45. The average Bonchev–Trinajstić information content (AvgIpc) is 3.23. The number of nitrogens with zero attached hydrogens (tertiary/aromatic N) is 3. The van der Waals surface area contributed by atoms with Crippen molar-refractivity contribution < 1.29 is 13.6 Å². The summed E-state index contributed by atoms with van der Waals surface area (Å²) in [7, 11) is 0. The molecule has 0 saturated heterocycles. The van der Waals surface area contributed by atoms with Crippen molar-refractivity contribution in [2.45, 2.75) is 42.6 Å². The second-order valence-electron chi connectivity index (χ2n) is 6.51. The predicted molar refractivity (Wildman–Crippen MR) is 100 cm³/mol. The van der Waals surface area contributed by atoms with Gasteiger partial charge in [0, 0.05) is 5.92 Å². The zero-order valence-electron chi connectivity index (χ0n) is 14.8. The summed E-state index contributed by atoms with van der Waals surface area (Å²) in [5.41, 5.74) is 0.172. The lowest BCUT2D eigenvalue weighted by Gasteiger charge is -2.13. The quantitative estimate of drug-likeness (QED) is 0.620. The van der Waals surface area contributed by atoms with Crippen LogP contribution >= 0.6 is 11.8 Å². The highest BCUT2D eigenvalue weighted by Crippen LogP contribution is 2.40. The van der Waals surface area contributed by atoms with Crippen LogP contribution in [-0.4, -0.2) is 25.9 Å². The van der Waals surface area contributed by atoms with Crippen molar-refractivity contribution in [2.75, 3.05) is 5.32 Å². The number of hydrogen-bond acceptors (Lipinski definition) is 5. The number of carbonyl (C=O) groups is 1. The van der Waals surface area contributed by atoms with Gasteiger partial charge < -0.3 is 9.73 Å². The summed E-state index contributed by atoms with van der Waals surface area (Å²) < 4.78 is 21.2. The van der Waals surface area contributed by atoms with Crippen molar-refractivity contribution in [1.82, 2.24) is 14.8 Å². The fourth-order valence-corrected chi connectivity index (χ4v) is 3.60. The number of hydrogen-bond donors (Lipinski definition) is 1. The monoisotopic (exact) mass is 386 g/mol. The maximum absolute atomic E-state index is 13.8. The molecule has 1 aliphatic rings. The van der Waals surface area contributed by atoms with Crippen LogP contribution < -0.4 is 5.32 Å². The molecule has 1 aliphatic carbocycles. The highest BCUT2D eigenvalue weighted by molar-refractivity contribution is 8.00. The van der Waals surface area contributed by atoms with Crippen LogP contribution in [0.25, 0.3) is 0 Å². The van der Waals surface area contributed by atoms with Crippen LogP contribution in [0.3, 0.4) is 0 Å². The van der Waals surface area contributed by atoms with E-state index in [9.17, 15) is 9.18 Å². The Morgan fingerprint density at radius 2 is 2.15 bits per heavy atom. The lowest BCUT2D eigenvalue weighted by Crippen LogP contribution is -2.23. The Bertz CT molecular complexity index is 937. The standard InChI is InChI=1S/C19H19FN4O2S/c1-12(18(25)21-16-7-3-2-6-15(16)20)27-19-23-22-17(13-8-9-13)24(19)11-14-5-4-10-26-14/h2-7,10,12-13H,8-9,11H2,1H3,(H,21,25). The number of halogens is 1. The molecule has 140 valence electrons. The second kappa shape index (κ2) is 7.56. The molecule has 1 fully saturated rings. The number of amides is 1. The minimum absolute atomic E-state index is 0.172. The van der Waals surface area contributed by atoms with Gasteiger partial charge in [-0.1, -0.05) is 23.9 Å². The van der Waals surface area contributed by atoms with E-state index in [0.29, 0.717) is 17.6 Å². The average molecular weight is 386 g/mol. The maximum atomic E-state index is 13.8. The molecule has 1 unspecified atom stereocenters. The van der Waals surface area contributed by atoms with Gasteiger partial charge in [0.25, 0.3) is 0 Å². The molecule has 1 saturated carbocycles. The Hall–Kier alpha value is -2.61. The Morgan fingerprint density at radius 3 is 2.85 bits per heavy atom. The first kappa shape index (κ1) is 17.8. The molecule has 0 radical (unpaired) electrons. The van der Waals surface area contributed by atoms with E-state index in [2.05, 4.69) is 15.5 Å². The first-order valence-electron chi connectivity index (χ1n) is 8.79. The van der Waals surface area contributed by atoms with Crippen molar-refractivity contribution in [3.05, 3.63) is 60.1 Å². The number of benzene rings is 1.